The Labute approximate surface area is 95.6 Å². The van der Waals surface area contributed by atoms with Crippen molar-refractivity contribution >= 4 is 0 Å². The highest BCUT2D eigenvalue weighted by Gasteiger charge is 2.38. The Morgan fingerprint density at radius 1 is 1.31 bits per heavy atom. The lowest BCUT2D eigenvalue weighted by atomic mass is 9.98. The van der Waals surface area contributed by atoms with Crippen molar-refractivity contribution in [3.05, 3.63) is 29.8 Å². The number of fused-ring (bicyclic) bond motifs is 1. The number of ether oxygens (including phenoxy) is 1. The maximum Gasteiger partial charge on any atom is 0.125 e. The van der Waals surface area contributed by atoms with E-state index in [1.807, 2.05) is 24.3 Å². The largest absolute Gasteiger partial charge is 0.491 e. The highest BCUT2D eigenvalue weighted by Crippen LogP contribution is 2.37. The van der Waals surface area contributed by atoms with E-state index >= 15 is 0 Å². The highest BCUT2D eigenvalue weighted by atomic mass is 16.5. The summed E-state index contributed by atoms with van der Waals surface area (Å²) >= 11 is 0. The SMILES string of the molecule is CN(C1CC1)C1COc2ccccc2C1O. The summed E-state index contributed by atoms with van der Waals surface area (Å²) < 4.78 is 5.70. The molecule has 1 heterocycles. The van der Waals surface area contributed by atoms with Gasteiger partial charge in [-0.2, -0.15) is 0 Å². The number of benzene rings is 1. The van der Waals surface area contributed by atoms with Gasteiger partial charge in [-0.05, 0) is 26.0 Å². The van der Waals surface area contributed by atoms with Crippen LogP contribution in [0.1, 0.15) is 24.5 Å². The minimum atomic E-state index is -0.421. The number of aliphatic hydroxyl groups excluding tert-OH is 1. The highest BCUT2D eigenvalue weighted by molar-refractivity contribution is 5.37. The minimum Gasteiger partial charge on any atom is -0.491 e. The molecule has 3 nitrogen and oxygen atoms in total. The van der Waals surface area contributed by atoms with Crippen LogP contribution in [0.4, 0.5) is 0 Å². The Morgan fingerprint density at radius 2 is 2.06 bits per heavy atom. The molecule has 2 unspecified atom stereocenters. The Hall–Kier alpha value is -1.06. The Balaban J connectivity index is 1.85. The molecule has 2 aliphatic rings. The number of likely N-dealkylation sites (N-methyl/N-ethyl adjacent to an activating group) is 1. The topological polar surface area (TPSA) is 32.7 Å². The van der Waals surface area contributed by atoms with Crippen LogP contribution in [-0.2, 0) is 0 Å². The number of nitrogens with zero attached hydrogens (tertiary/aromatic N) is 1. The lowest BCUT2D eigenvalue weighted by Crippen LogP contribution is -2.44. The van der Waals surface area contributed by atoms with Crippen LogP contribution in [0.15, 0.2) is 24.3 Å². The molecule has 1 aliphatic carbocycles. The molecule has 1 aromatic rings. The summed E-state index contributed by atoms with van der Waals surface area (Å²) in [6, 6.07) is 8.51. The number of hydrogen-bond acceptors (Lipinski definition) is 3. The number of rotatable bonds is 2. The van der Waals surface area contributed by atoms with Gasteiger partial charge in [0, 0.05) is 11.6 Å². The first-order chi connectivity index (χ1) is 7.77. The van der Waals surface area contributed by atoms with E-state index in [9.17, 15) is 5.11 Å². The van der Waals surface area contributed by atoms with Crippen molar-refractivity contribution in [1.29, 1.82) is 0 Å². The Bertz CT molecular complexity index is 389. The summed E-state index contributed by atoms with van der Waals surface area (Å²) in [6.07, 6.45) is 2.08. The third-order valence-electron chi connectivity index (χ3n) is 3.66. The van der Waals surface area contributed by atoms with E-state index in [1.165, 1.54) is 12.8 Å². The average Bonchev–Trinajstić information content (AvgIpc) is 3.13. The molecule has 16 heavy (non-hydrogen) atoms. The second-order valence-electron chi connectivity index (χ2n) is 4.76. The van der Waals surface area contributed by atoms with Crippen LogP contribution in [0, 0.1) is 0 Å². The predicted octanol–water partition coefficient (Wildman–Crippen LogP) is 1.58. The molecule has 1 aromatic carbocycles. The van der Waals surface area contributed by atoms with Crippen LogP contribution >= 0.6 is 0 Å². The molecule has 3 rings (SSSR count). The molecule has 1 N–H and O–H groups in total. The Kier molecular flexibility index (Phi) is 2.37. The quantitative estimate of drug-likeness (QED) is 0.819. The van der Waals surface area contributed by atoms with Gasteiger partial charge in [0.25, 0.3) is 0 Å². The normalized spacial score (nSPS) is 28.7. The molecule has 86 valence electrons. The first-order valence-corrected chi connectivity index (χ1v) is 5.89. The van der Waals surface area contributed by atoms with E-state index in [1.54, 1.807) is 0 Å². The van der Waals surface area contributed by atoms with Crippen molar-refractivity contribution in [3.8, 4) is 5.75 Å². The summed E-state index contributed by atoms with van der Waals surface area (Å²) in [6.45, 7) is 0.588. The summed E-state index contributed by atoms with van der Waals surface area (Å²) in [5.41, 5.74) is 0.922. The van der Waals surface area contributed by atoms with Gasteiger partial charge < -0.3 is 9.84 Å². The van der Waals surface area contributed by atoms with Crippen molar-refractivity contribution in [2.24, 2.45) is 0 Å². The molecule has 1 saturated carbocycles. The predicted molar refractivity (Wildman–Crippen MR) is 61.5 cm³/mol. The summed E-state index contributed by atoms with van der Waals surface area (Å²) in [5, 5.41) is 10.3. The molecule has 1 aliphatic heterocycles. The maximum absolute atomic E-state index is 10.3. The summed E-state index contributed by atoms with van der Waals surface area (Å²) in [5.74, 6) is 0.829. The second kappa shape index (κ2) is 3.75. The fourth-order valence-corrected chi connectivity index (χ4v) is 2.42. The van der Waals surface area contributed by atoms with Crippen LogP contribution in [0.3, 0.4) is 0 Å². The van der Waals surface area contributed by atoms with Gasteiger partial charge in [-0.3, -0.25) is 4.90 Å². The van der Waals surface area contributed by atoms with E-state index in [0.717, 1.165) is 11.3 Å². The molecule has 0 aromatic heterocycles. The Morgan fingerprint density at radius 3 is 2.81 bits per heavy atom. The average molecular weight is 219 g/mol. The van der Waals surface area contributed by atoms with E-state index in [-0.39, 0.29) is 6.04 Å². The van der Waals surface area contributed by atoms with Crippen molar-refractivity contribution in [2.75, 3.05) is 13.7 Å². The first-order valence-electron chi connectivity index (χ1n) is 5.89. The third kappa shape index (κ3) is 1.60. The fraction of sp³-hybridized carbons (Fsp3) is 0.538. The van der Waals surface area contributed by atoms with Crippen LogP contribution in [0.25, 0.3) is 0 Å². The van der Waals surface area contributed by atoms with E-state index in [2.05, 4.69) is 11.9 Å². The smallest absolute Gasteiger partial charge is 0.125 e. The molecule has 0 spiro atoms. The van der Waals surface area contributed by atoms with Gasteiger partial charge >= 0.3 is 0 Å². The van der Waals surface area contributed by atoms with Gasteiger partial charge in [0.05, 0.1) is 6.04 Å². The van der Waals surface area contributed by atoms with Crippen LogP contribution in [-0.4, -0.2) is 35.7 Å². The molecule has 2 atom stereocenters. The second-order valence-corrected chi connectivity index (χ2v) is 4.76. The van der Waals surface area contributed by atoms with Crippen molar-refractivity contribution in [2.45, 2.75) is 31.0 Å². The maximum atomic E-state index is 10.3. The van der Waals surface area contributed by atoms with Crippen LogP contribution in [0.2, 0.25) is 0 Å². The molecule has 0 radical (unpaired) electrons. The number of hydrogen-bond donors (Lipinski definition) is 1. The van der Waals surface area contributed by atoms with Gasteiger partial charge in [0.1, 0.15) is 18.5 Å². The standard InChI is InChI=1S/C13H17NO2/c1-14(9-6-7-9)11-8-16-12-5-3-2-4-10(12)13(11)15/h2-5,9,11,13,15H,6-8H2,1H3. The van der Waals surface area contributed by atoms with Gasteiger partial charge in [-0.25, -0.2) is 0 Å². The van der Waals surface area contributed by atoms with Gasteiger partial charge in [-0.15, -0.1) is 0 Å². The summed E-state index contributed by atoms with van der Waals surface area (Å²) in [4.78, 5) is 2.26. The van der Waals surface area contributed by atoms with Crippen molar-refractivity contribution in [3.63, 3.8) is 0 Å². The first kappa shape index (κ1) is 10.1. The molecule has 3 heteroatoms. The third-order valence-corrected chi connectivity index (χ3v) is 3.66. The lowest BCUT2D eigenvalue weighted by Gasteiger charge is -2.36. The molecule has 0 amide bonds. The van der Waals surface area contributed by atoms with Crippen molar-refractivity contribution in [1.82, 2.24) is 4.90 Å². The van der Waals surface area contributed by atoms with E-state index < -0.39 is 6.10 Å². The van der Waals surface area contributed by atoms with Gasteiger partial charge in [-0.1, -0.05) is 18.2 Å². The molecular formula is C13H17NO2. The fourth-order valence-electron chi connectivity index (χ4n) is 2.42. The van der Waals surface area contributed by atoms with E-state index in [4.69, 9.17) is 4.74 Å². The monoisotopic (exact) mass is 219 g/mol. The zero-order valence-electron chi connectivity index (χ0n) is 9.47. The van der Waals surface area contributed by atoms with E-state index in [0.29, 0.717) is 12.6 Å². The van der Waals surface area contributed by atoms with Crippen LogP contribution < -0.4 is 4.74 Å². The van der Waals surface area contributed by atoms with Crippen LogP contribution in [0.5, 0.6) is 5.75 Å². The van der Waals surface area contributed by atoms with Crippen molar-refractivity contribution < 1.29 is 9.84 Å². The van der Waals surface area contributed by atoms with Gasteiger partial charge in [0.15, 0.2) is 0 Å². The number of para-hydroxylation sites is 1. The number of aliphatic hydroxyl groups is 1. The molecule has 1 fully saturated rings. The molecule has 0 bridgehead atoms. The van der Waals surface area contributed by atoms with Gasteiger partial charge in [0.2, 0.25) is 0 Å². The zero-order valence-corrected chi connectivity index (χ0v) is 9.47. The zero-order chi connectivity index (χ0) is 11.1. The lowest BCUT2D eigenvalue weighted by molar-refractivity contribution is 0.0116. The minimum absolute atomic E-state index is 0.0994. The molecular weight excluding hydrogens is 202 g/mol. The summed E-state index contributed by atoms with van der Waals surface area (Å²) in [7, 11) is 2.09. The molecule has 0 saturated heterocycles.